The lowest BCUT2D eigenvalue weighted by molar-refractivity contribution is -0.144. The normalized spacial score (nSPS) is 14.0. The fourth-order valence-electron chi connectivity index (χ4n) is 4.87. The van der Waals surface area contributed by atoms with Crippen LogP contribution in [0.5, 0.6) is 5.75 Å². The minimum Gasteiger partial charge on any atom is -0.497 e. The van der Waals surface area contributed by atoms with Crippen LogP contribution in [0.3, 0.4) is 0 Å². The predicted octanol–water partition coefficient (Wildman–Crippen LogP) is 5.56. The number of carbonyl (C=O) groups is 1. The van der Waals surface area contributed by atoms with E-state index in [2.05, 4.69) is 63.9 Å². The summed E-state index contributed by atoms with van der Waals surface area (Å²) in [4.78, 5) is 17.4. The number of para-hydroxylation sites is 1. The van der Waals surface area contributed by atoms with Crippen molar-refractivity contribution in [2.24, 2.45) is 0 Å². The molecule has 1 aromatic heterocycles. The van der Waals surface area contributed by atoms with Crippen LogP contribution in [0.15, 0.2) is 54.7 Å². The maximum Gasteiger partial charge on any atom is 0.325 e. The number of anilines is 1. The van der Waals surface area contributed by atoms with Crippen molar-refractivity contribution in [2.75, 3.05) is 51.3 Å². The summed E-state index contributed by atoms with van der Waals surface area (Å²) >= 11 is 0. The lowest BCUT2D eigenvalue weighted by atomic mass is 10.1. The molecule has 0 bridgehead atoms. The number of ether oxygens (including phenoxy) is 2. The molecule has 196 valence electrons. The maximum absolute atomic E-state index is 12.4. The number of esters is 1. The number of piperazine rings is 1. The highest BCUT2D eigenvalue weighted by atomic mass is 35.5. The number of hydrogen-bond donors (Lipinski definition) is 0. The SMILES string of the molecule is CCCCCCOC(=O)Cn1cc(CCN2CCN(c3cccc(OC)c3)CC2)c2ccccc21.Cl. The molecule has 0 N–H and O–H groups in total. The van der Waals surface area contributed by atoms with Crippen molar-refractivity contribution in [1.29, 1.82) is 0 Å². The highest BCUT2D eigenvalue weighted by molar-refractivity contribution is 5.86. The number of hydrogen-bond acceptors (Lipinski definition) is 5. The largest absolute Gasteiger partial charge is 0.497 e. The monoisotopic (exact) mass is 513 g/mol. The molecule has 1 fully saturated rings. The number of rotatable bonds is 12. The first-order chi connectivity index (χ1) is 17.2. The molecule has 1 saturated heterocycles. The molecule has 0 unspecified atom stereocenters. The Bertz CT molecular complexity index is 1090. The Hall–Kier alpha value is -2.70. The summed E-state index contributed by atoms with van der Waals surface area (Å²) < 4.78 is 12.9. The third-order valence-electron chi connectivity index (χ3n) is 6.92. The van der Waals surface area contributed by atoms with Gasteiger partial charge in [-0.1, -0.05) is 50.5 Å². The summed E-state index contributed by atoms with van der Waals surface area (Å²) in [6.07, 6.45) is 7.56. The van der Waals surface area contributed by atoms with Gasteiger partial charge >= 0.3 is 5.97 Å². The van der Waals surface area contributed by atoms with Gasteiger partial charge in [0.2, 0.25) is 0 Å². The number of aromatic nitrogens is 1. The Morgan fingerprint density at radius 1 is 0.972 bits per heavy atom. The summed E-state index contributed by atoms with van der Waals surface area (Å²) in [5, 5.41) is 1.23. The van der Waals surface area contributed by atoms with Gasteiger partial charge in [-0.15, -0.1) is 12.4 Å². The lowest BCUT2D eigenvalue weighted by Crippen LogP contribution is -2.47. The van der Waals surface area contributed by atoms with Crippen LogP contribution in [0, 0.1) is 0 Å². The molecule has 2 aromatic carbocycles. The standard InChI is InChI=1S/C29H39N3O3.ClH/c1-3-4-5-8-20-35-29(33)23-32-22-24(27-12-6-7-13-28(27)32)14-15-30-16-18-31(19-17-30)25-10-9-11-26(21-25)34-2;/h6-7,9-13,21-22H,3-5,8,14-20,23H2,1-2H3;1H. The second-order valence-corrected chi connectivity index (χ2v) is 9.36. The van der Waals surface area contributed by atoms with Gasteiger partial charge < -0.3 is 18.9 Å². The van der Waals surface area contributed by atoms with Crippen LogP contribution in [0.2, 0.25) is 0 Å². The minimum absolute atomic E-state index is 0. The molecule has 0 saturated carbocycles. The van der Waals surface area contributed by atoms with Gasteiger partial charge in [-0.2, -0.15) is 0 Å². The summed E-state index contributed by atoms with van der Waals surface area (Å²) in [5.74, 6) is 0.754. The number of nitrogens with zero attached hydrogens (tertiary/aromatic N) is 3. The molecule has 0 spiro atoms. The Kier molecular flexibility index (Phi) is 11.0. The molecular weight excluding hydrogens is 474 g/mol. The summed E-state index contributed by atoms with van der Waals surface area (Å²) in [5.41, 5.74) is 3.63. The van der Waals surface area contributed by atoms with E-state index in [1.807, 2.05) is 12.1 Å². The van der Waals surface area contributed by atoms with Crippen molar-refractivity contribution < 1.29 is 14.3 Å². The highest BCUT2D eigenvalue weighted by Crippen LogP contribution is 2.24. The molecule has 3 aromatic rings. The zero-order valence-electron chi connectivity index (χ0n) is 21.7. The van der Waals surface area contributed by atoms with Gasteiger partial charge in [-0.25, -0.2) is 0 Å². The summed E-state index contributed by atoms with van der Waals surface area (Å²) in [6, 6.07) is 16.7. The van der Waals surface area contributed by atoms with Crippen molar-refractivity contribution in [3.63, 3.8) is 0 Å². The first-order valence-corrected chi connectivity index (χ1v) is 13.0. The number of halogens is 1. The van der Waals surface area contributed by atoms with Gasteiger partial charge in [0.25, 0.3) is 0 Å². The molecule has 0 amide bonds. The average Bonchev–Trinajstić information content (AvgIpc) is 3.25. The van der Waals surface area contributed by atoms with E-state index in [9.17, 15) is 4.79 Å². The van der Waals surface area contributed by atoms with Crippen LogP contribution in [0.1, 0.15) is 38.2 Å². The van der Waals surface area contributed by atoms with Crippen LogP contribution >= 0.6 is 12.4 Å². The second kappa shape index (κ2) is 14.1. The van der Waals surface area contributed by atoms with Gasteiger partial charge in [0, 0.05) is 61.6 Å². The number of unbranched alkanes of at least 4 members (excludes halogenated alkanes) is 3. The van der Waals surface area contributed by atoms with Crippen molar-refractivity contribution >= 4 is 35.0 Å². The van der Waals surface area contributed by atoms with Crippen molar-refractivity contribution in [3.05, 3.63) is 60.3 Å². The number of fused-ring (bicyclic) bond motifs is 1. The van der Waals surface area contributed by atoms with Crippen molar-refractivity contribution in [2.45, 2.75) is 45.6 Å². The van der Waals surface area contributed by atoms with Gasteiger partial charge in [0.05, 0.1) is 13.7 Å². The topological polar surface area (TPSA) is 46.9 Å². The Morgan fingerprint density at radius 3 is 2.56 bits per heavy atom. The van der Waals surface area contributed by atoms with Crippen LogP contribution in [0.25, 0.3) is 10.9 Å². The smallest absolute Gasteiger partial charge is 0.325 e. The zero-order valence-corrected chi connectivity index (χ0v) is 22.5. The maximum atomic E-state index is 12.4. The molecule has 4 rings (SSSR count). The zero-order chi connectivity index (χ0) is 24.5. The van der Waals surface area contributed by atoms with E-state index in [0.29, 0.717) is 6.61 Å². The Labute approximate surface area is 221 Å². The van der Waals surface area contributed by atoms with E-state index in [1.165, 1.54) is 29.5 Å². The average molecular weight is 514 g/mol. The minimum atomic E-state index is -0.150. The molecule has 6 nitrogen and oxygen atoms in total. The third kappa shape index (κ3) is 7.40. The first kappa shape index (κ1) is 27.9. The molecule has 1 aliphatic rings. The van der Waals surface area contributed by atoms with E-state index in [-0.39, 0.29) is 24.9 Å². The van der Waals surface area contributed by atoms with Crippen LogP contribution in [-0.4, -0.2) is 61.9 Å². The molecule has 7 heteroatoms. The molecular formula is C29H40ClN3O3. The van der Waals surface area contributed by atoms with Crippen LogP contribution in [0.4, 0.5) is 5.69 Å². The van der Waals surface area contributed by atoms with E-state index in [0.717, 1.165) is 63.3 Å². The molecule has 0 radical (unpaired) electrons. The van der Waals surface area contributed by atoms with Gasteiger partial charge in [0.1, 0.15) is 12.3 Å². The predicted molar refractivity (Wildman–Crippen MR) is 150 cm³/mol. The van der Waals surface area contributed by atoms with Gasteiger partial charge in [-0.3, -0.25) is 9.69 Å². The third-order valence-corrected chi connectivity index (χ3v) is 6.92. The number of benzene rings is 2. The lowest BCUT2D eigenvalue weighted by Gasteiger charge is -2.36. The summed E-state index contributed by atoms with van der Waals surface area (Å²) in [7, 11) is 1.71. The molecule has 1 aliphatic heterocycles. The number of methoxy groups -OCH3 is 1. The molecule has 0 aliphatic carbocycles. The fourth-order valence-corrected chi connectivity index (χ4v) is 4.87. The van der Waals surface area contributed by atoms with E-state index in [4.69, 9.17) is 9.47 Å². The Morgan fingerprint density at radius 2 is 1.78 bits per heavy atom. The number of carbonyl (C=O) groups excluding carboxylic acids is 1. The van der Waals surface area contributed by atoms with Gasteiger partial charge in [-0.05, 0) is 36.6 Å². The van der Waals surface area contributed by atoms with Crippen LogP contribution in [-0.2, 0) is 22.5 Å². The first-order valence-electron chi connectivity index (χ1n) is 13.0. The van der Waals surface area contributed by atoms with Crippen LogP contribution < -0.4 is 9.64 Å². The quantitative estimate of drug-likeness (QED) is 0.234. The fraction of sp³-hybridized carbons (Fsp3) is 0.483. The highest BCUT2D eigenvalue weighted by Gasteiger charge is 2.18. The molecule has 2 heterocycles. The Balaban J connectivity index is 0.00000361. The molecule has 36 heavy (non-hydrogen) atoms. The van der Waals surface area contributed by atoms with Crippen molar-refractivity contribution in [3.8, 4) is 5.75 Å². The van der Waals surface area contributed by atoms with Gasteiger partial charge in [0.15, 0.2) is 0 Å². The van der Waals surface area contributed by atoms with E-state index < -0.39 is 0 Å². The second-order valence-electron chi connectivity index (χ2n) is 9.36. The van der Waals surface area contributed by atoms with Crippen molar-refractivity contribution in [1.82, 2.24) is 9.47 Å². The van der Waals surface area contributed by atoms with E-state index in [1.54, 1.807) is 7.11 Å². The molecule has 0 atom stereocenters. The summed E-state index contributed by atoms with van der Waals surface area (Å²) in [6.45, 7) is 8.10. The van der Waals surface area contributed by atoms with E-state index >= 15 is 0 Å².